The number of hydrogen-bond acceptors (Lipinski definition) is 2. The average molecular weight is 270 g/mol. The maximum Gasteiger partial charge on any atom is 0.102 e. The Balaban J connectivity index is 2.89. The summed E-state index contributed by atoms with van der Waals surface area (Å²) in [6.45, 7) is 2.01. The molecule has 0 unspecified atom stereocenters. The Morgan fingerprint density at radius 1 is 1.42 bits per heavy atom. The number of halogens is 1. The van der Waals surface area contributed by atoms with E-state index in [0.29, 0.717) is 0 Å². The third-order valence-electron chi connectivity index (χ3n) is 1.79. The van der Waals surface area contributed by atoms with E-state index in [1.165, 1.54) is 5.39 Å². The summed E-state index contributed by atoms with van der Waals surface area (Å²) in [5, 5.41) is 2.35. The number of fused-ring (bicyclic) bond motifs is 1. The van der Waals surface area contributed by atoms with E-state index in [0.717, 1.165) is 14.8 Å². The third-order valence-corrected chi connectivity index (χ3v) is 2.35. The Kier molecular flexibility index (Phi) is 1.96. The fourth-order valence-electron chi connectivity index (χ4n) is 1.21. The van der Waals surface area contributed by atoms with Crippen molar-refractivity contribution in [2.24, 2.45) is 0 Å². The molecule has 0 saturated carbocycles. The van der Waals surface area contributed by atoms with E-state index in [1.807, 2.05) is 19.2 Å². The van der Waals surface area contributed by atoms with Crippen LogP contribution in [0.1, 0.15) is 5.69 Å². The minimum atomic E-state index is 1.03. The number of aryl methyl sites for hydroxylation is 1. The van der Waals surface area contributed by atoms with Crippen LogP contribution in [-0.4, -0.2) is 9.97 Å². The van der Waals surface area contributed by atoms with Crippen LogP contribution >= 0.6 is 22.6 Å². The molecular formula is C9H7IN2. The van der Waals surface area contributed by atoms with E-state index in [9.17, 15) is 0 Å². The first-order chi connectivity index (χ1) is 5.77. The van der Waals surface area contributed by atoms with Crippen molar-refractivity contribution in [2.45, 2.75) is 6.92 Å². The van der Waals surface area contributed by atoms with Crippen molar-refractivity contribution in [2.75, 3.05) is 0 Å². The minimum Gasteiger partial charge on any atom is -0.264 e. The molecule has 0 atom stereocenters. The summed E-state index contributed by atoms with van der Waals surface area (Å²) in [6, 6.07) is 4.07. The molecule has 0 aromatic carbocycles. The number of pyridine rings is 2. The second-order valence-corrected chi connectivity index (χ2v) is 3.73. The molecule has 3 heteroatoms. The van der Waals surface area contributed by atoms with Gasteiger partial charge in [0.1, 0.15) is 3.70 Å². The van der Waals surface area contributed by atoms with E-state index < -0.39 is 0 Å². The van der Waals surface area contributed by atoms with Crippen LogP contribution < -0.4 is 0 Å². The Morgan fingerprint density at radius 3 is 3.08 bits per heavy atom. The van der Waals surface area contributed by atoms with Crippen molar-refractivity contribution in [3.05, 3.63) is 33.9 Å². The maximum atomic E-state index is 4.35. The van der Waals surface area contributed by atoms with Crippen LogP contribution in [0.3, 0.4) is 0 Å². The highest BCUT2D eigenvalue weighted by Crippen LogP contribution is 2.17. The van der Waals surface area contributed by atoms with Crippen molar-refractivity contribution >= 4 is 33.4 Å². The van der Waals surface area contributed by atoms with Crippen molar-refractivity contribution in [3.8, 4) is 0 Å². The van der Waals surface area contributed by atoms with E-state index in [4.69, 9.17) is 0 Å². The van der Waals surface area contributed by atoms with E-state index in [2.05, 4.69) is 38.6 Å². The Hall–Kier alpha value is -0.710. The number of rotatable bonds is 0. The van der Waals surface area contributed by atoms with E-state index in [-0.39, 0.29) is 0 Å². The molecule has 0 spiro atoms. The molecule has 2 heterocycles. The Bertz CT molecular complexity index is 426. The van der Waals surface area contributed by atoms with Gasteiger partial charge in [-0.05, 0) is 47.0 Å². The minimum absolute atomic E-state index is 1.03. The zero-order valence-corrected chi connectivity index (χ0v) is 8.74. The van der Waals surface area contributed by atoms with E-state index >= 15 is 0 Å². The monoisotopic (exact) mass is 270 g/mol. The highest BCUT2D eigenvalue weighted by molar-refractivity contribution is 14.1. The highest BCUT2D eigenvalue weighted by Gasteiger charge is 1.98. The van der Waals surface area contributed by atoms with Crippen LogP contribution in [0.2, 0.25) is 0 Å². The third kappa shape index (κ3) is 1.29. The first-order valence-corrected chi connectivity index (χ1v) is 4.72. The van der Waals surface area contributed by atoms with Gasteiger partial charge in [0.05, 0.1) is 0 Å². The smallest absolute Gasteiger partial charge is 0.102 e. The molecule has 2 nitrogen and oxygen atoms in total. The number of nitrogens with zero attached hydrogens (tertiary/aromatic N) is 2. The van der Waals surface area contributed by atoms with Gasteiger partial charge in [-0.25, -0.2) is 4.98 Å². The van der Waals surface area contributed by atoms with Crippen molar-refractivity contribution < 1.29 is 0 Å². The zero-order chi connectivity index (χ0) is 8.55. The maximum absolute atomic E-state index is 4.35. The van der Waals surface area contributed by atoms with E-state index in [1.54, 1.807) is 6.20 Å². The van der Waals surface area contributed by atoms with Gasteiger partial charge in [-0.1, -0.05) is 0 Å². The molecule has 0 fully saturated rings. The molecular weight excluding hydrogens is 263 g/mol. The summed E-state index contributed by atoms with van der Waals surface area (Å²) >= 11 is 2.22. The van der Waals surface area contributed by atoms with Crippen LogP contribution in [0.4, 0.5) is 0 Å². The first-order valence-electron chi connectivity index (χ1n) is 3.64. The summed E-state index contributed by atoms with van der Waals surface area (Å²) < 4.78 is 1.03. The average Bonchev–Trinajstić information content (AvgIpc) is 2.04. The highest BCUT2D eigenvalue weighted by atomic mass is 127. The zero-order valence-electron chi connectivity index (χ0n) is 6.58. The molecule has 0 N–H and O–H groups in total. The Labute approximate surface area is 84.2 Å². The van der Waals surface area contributed by atoms with Gasteiger partial charge in [0.25, 0.3) is 0 Å². The summed E-state index contributed by atoms with van der Waals surface area (Å²) in [4.78, 5) is 8.41. The lowest BCUT2D eigenvalue weighted by Gasteiger charge is -2.00. The topological polar surface area (TPSA) is 25.8 Å². The lowest BCUT2D eigenvalue weighted by molar-refractivity contribution is 1.19. The van der Waals surface area contributed by atoms with Crippen LogP contribution in [0.25, 0.3) is 10.8 Å². The summed E-state index contributed by atoms with van der Waals surface area (Å²) in [5.41, 5.74) is 1.05. The molecule has 2 rings (SSSR count). The molecule has 60 valence electrons. The van der Waals surface area contributed by atoms with Crippen molar-refractivity contribution in [1.29, 1.82) is 0 Å². The van der Waals surface area contributed by atoms with Crippen LogP contribution in [0, 0.1) is 10.6 Å². The van der Waals surface area contributed by atoms with Gasteiger partial charge >= 0.3 is 0 Å². The molecule has 0 saturated heterocycles. The summed E-state index contributed by atoms with van der Waals surface area (Å²) in [6.07, 6.45) is 3.66. The van der Waals surface area contributed by atoms with Gasteiger partial charge in [0, 0.05) is 23.5 Å². The fraction of sp³-hybridized carbons (Fsp3) is 0.111. The predicted molar refractivity (Wildman–Crippen MR) is 57.0 cm³/mol. The molecule has 12 heavy (non-hydrogen) atoms. The fourth-order valence-corrected chi connectivity index (χ4v) is 1.91. The Morgan fingerprint density at radius 2 is 2.25 bits per heavy atom. The second kappa shape index (κ2) is 2.97. The molecule has 0 radical (unpaired) electrons. The van der Waals surface area contributed by atoms with Crippen LogP contribution in [0.15, 0.2) is 24.5 Å². The number of hydrogen-bond donors (Lipinski definition) is 0. The van der Waals surface area contributed by atoms with Gasteiger partial charge in [-0.15, -0.1) is 0 Å². The molecule has 2 aromatic heterocycles. The van der Waals surface area contributed by atoms with Gasteiger partial charge in [0.2, 0.25) is 0 Å². The summed E-state index contributed by atoms with van der Waals surface area (Å²) in [5.74, 6) is 0. The molecule has 0 aliphatic rings. The van der Waals surface area contributed by atoms with Gasteiger partial charge in [-0.2, -0.15) is 0 Å². The second-order valence-electron chi connectivity index (χ2n) is 2.63. The quantitative estimate of drug-likeness (QED) is 0.543. The largest absolute Gasteiger partial charge is 0.264 e. The summed E-state index contributed by atoms with van der Waals surface area (Å²) in [7, 11) is 0. The SMILES string of the molecule is Cc1nc(I)cc2ccncc12. The lowest BCUT2D eigenvalue weighted by atomic mass is 10.2. The molecule has 0 aliphatic carbocycles. The van der Waals surface area contributed by atoms with Gasteiger partial charge in [-0.3, -0.25) is 4.98 Å². The predicted octanol–water partition coefficient (Wildman–Crippen LogP) is 2.54. The van der Waals surface area contributed by atoms with Crippen molar-refractivity contribution in [3.63, 3.8) is 0 Å². The van der Waals surface area contributed by atoms with Crippen LogP contribution in [0.5, 0.6) is 0 Å². The molecule has 0 bridgehead atoms. The molecule has 0 amide bonds. The van der Waals surface area contributed by atoms with Crippen LogP contribution in [-0.2, 0) is 0 Å². The standard InChI is InChI=1S/C9H7IN2/c1-6-8-5-11-3-2-7(8)4-9(10)12-6/h2-5H,1H3. The van der Waals surface area contributed by atoms with Gasteiger partial charge in [0.15, 0.2) is 0 Å². The number of aromatic nitrogens is 2. The molecule has 0 aliphatic heterocycles. The normalized spacial score (nSPS) is 10.5. The lowest BCUT2D eigenvalue weighted by Crippen LogP contribution is -1.87. The van der Waals surface area contributed by atoms with Crippen molar-refractivity contribution in [1.82, 2.24) is 9.97 Å². The van der Waals surface area contributed by atoms with Gasteiger partial charge < -0.3 is 0 Å². The first kappa shape index (κ1) is 7.91. The molecule has 2 aromatic rings.